The highest BCUT2D eigenvalue weighted by Gasteiger charge is 2.66. The molecule has 8 heteroatoms. The van der Waals surface area contributed by atoms with E-state index in [0.717, 1.165) is 20.1 Å². The Balaban J connectivity index is 2.61. The van der Waals surface area contributed by atoms with Crippen LogP contribution in [0.2, 0.25) is 0 Å². The molecule has 0 radical (unpaired) electrons. The summed E-state index contributed by atoms with van der Waals surface area (Å²) in [7, 11) is 1.03. The van der Waals surface area contributed by atoms with Gasteiger partial charge >= 0.3 is 12.1 Å². The van der Waals surface area contributed by atoms with Gasteiger partial charge in [0, 0.05) is 23.0 Å². The predicted molar refractivity (Wildman–Crippen MR) is 76.1 cm³/mol. The van der Waals surface area contributed by atoms with Gasteiger partial charge in [0.25, 0.3) is 0 Å². The molecule has 1 aromatic rings. The largest absolute Gasteiger partial charge is 0.507 e. The Morgan fingerprint density at radius 1 is 1.38 bits per heavy atom. The van der Waals surface area contributed by atoms with Gasteiger partial charge in [-0.05, 0) is 19.9 Å². The van der Waals surface area contributed by atoms with Crippen LogP contribution in [0.5, 0.6) is 5.75 Å². The molecule has 0 spiro atoms. The average Bonchev–Trinajstić information content (AvgIpc) is 2.78. The van der Waals surface area contributed by atoms with Crippen LogP contribution < -0.4 is 0 Å². The first-order valence-electron chi connectivity index (χ1n) is 7.26. The van der Waals surface area contributed by atoms with Crippen molar-refractivity contribution in [1.29, 1.82) is 0 Å². The molecule has 4 atom stereocenters. The van der Waals surface area contributed by atoms with Crippen LogP contribution in [0.25, 0.3) is 0 Å². The molecule has 134 valence electrons. The van der Waals surface area contributed by atoms with E-state index in [1.165, 1.54) is 19.9 Å². The lowest BCUT2D eigenvalue weighted by Crippen LogP contribution is -2.47. The van der Waals surface area contributed by atoms with Gasteiger partial charge in [-0.15, -0.1) is 0 Å². The zero-order valence-corrected chi connectivity index (χ0v) is 13.6. The standard InChI is InChI=1S/C16H18F4O4/c1-7-10(17)6-5-9(12(7)21)11-8(2)15(3,16(18,19)20)24-13(11)14(22)23-4/h5-6,8,11,13,21H,1-4H3/t8-,11-,13+,15+/m1/s1. The van der Waals surface area contributed by atoms with Gasteiger partial charge in [-0.2, -0.15) is 13.2 Å². The maximum atomic E-state index is 13.5. The second-order valence-corrected chi connectivity index (χ2v) is 6.09. The van der Waals surface area contributed by atoms with E-state index in [4.69, 9.17) is 4.74 Å². The number of phenols is 1. The molecule has 1 aromatic carbocycles. The minimum Gasteiger partial charge on any atom is -0.507 e. The van der Waals surface area contributed by atoms with Gasteiger partial charge in [0.2, 0.25) is 0 Å². The van der Waals surface area contributed by atoms with E-state index in [1.54, 1.807) is 0 Å². The van der Waals surface area contributed by atoms with Crippen molar-refractivity contribution in [3.8, 4) is 5.75 Å². The van der Waals surface area contributed by atoms with Crippen LogP contribution >= 0.6 is 0 Å². The van der Waals surface area contributed by atoms with Crippen molar-refractivity contribution in [2.75, 3.05) is 7.11 Å². The molecule has 1 heterocycles. The highest BCUT2D eigenvalue weighted by atomic mass is 19.4. The quantitative estimate of drug-likeness (QED) is 0.656. The summed E-state index contributed by atoms with van der Waals surface area (Å²) < 4.78 is 63.6. The van der Waals surface area contributed by atoms with Crippen LogP contribution in [0.4, 0.5) is 17.6 Å². The summed E-state index contributed by atoms with van der Waals surface area (Å²) in [6, 6.07) is 2.20. The average molecular weight is 350 g/mol. The van der Waals surface area contributed by atoms with E-state index in [0.29, 0.717) is 0 Å². The van der Waals surface area contributed by atoms with E-state index in [-0.39, 0.29) is 11.1 Å². The normalized spacial score (nSPS) is 30.4. The number of esters is 1. The molecule has 0 aromatic heterocycles. The molecular weight excluding hydrogens is 332 g/mol. The van der Waals surface area contributed by atoms with Crippen LogP contribution in [-0.2, 0) is 14.3 Å². The molecule has 1 fully saturated rings. The Bertz CT molecular complexity index is 658. The number of carbonyl (C=O) groups excluding carboxylic acids is 1. The zero-order chi connectivity index (χ0) is 18.4. The summed E-state index contributed by atoms with van der Waals surface area (Å²) in [6.45, 7) is 3.42. The molecule has 0 aliphatic carbocycles. The van der Waals surface area contributed by atoms with E-state index in [1.807, 2.05) is 0 Å². The number of phenolic OH excluding ortho intramolecular Hbond substituents is 1. The second kappa shape index (κ2) is 5.91. The third-order valence-corrected chi connectivity index (χ3v) is 4.86. The van der Waals surface area contributed by atoms with Crippen molar-refractivity contribution in [2.45, 2.75) is 44.6 Å². The highest BCUT2D eigenvalue weighted by molar-refractivity contribution is 5.77. The number of methoxy groups -OCH3 is 1. The monoisotopic (exact) mass is 350 g/mol. The molecular formula is C16H18F4O4. The summed E-state index contributed by atoms with van der Waals surface area (Å²) in [5.74, 6) is -4.52. The molecule has 0 saturated carbocycles. The second-order valence-electron chi connectivity index (χ2n) is 6.09. The lowest BCUT2D eigenvalue weighted by molar-refractivity contribution is -0.274. The van der Waals surface area contributed by atoms with Crippen molar-refractivity contribution >= 4 is 5.97 Å². The minimum absolute atomic E-state index is 0.0183. The smallest absolute Gasteiger partial charge is 0.417 e. The summed E-state index contributed by atoms with van der Waals surface area (Å²) in [6.07, 6.45) is -6.30. The maximum Gasteiger partial charge on any atom is 0.417 e. The van der Waals surface area contributed by atoms with Crippen LogP contribution in [0, 0.1) is 18.7 Å². The van der Waals surface area contributed by atoms with Gasteiger partial charge in [0.1, 0.15) is 11.6 Å². The van der Waals surface area contributed by atoms with Crippen molar-refractivity contribution in [1.82, 2.24) is 0 Å². The Morgan fingerprint density at radius 3 is 2.46 bits per heavy atom. The van der Waals surface area contributed by atoms with Gasteiger partial charge in [0.15, 0.2) is 11.7 Å². The van der Waals surface area contributed by atoms with Crippen LogP contribution in [0.15, 0.2) is 12.1 Å². The molecule has 1 aliphatic rings. The highest BCUT2D eigenvalue weighted by Crippen LogP contribution is 2.54. The van der Waals surface area contributed by atoms with Gasteiger partial charge in [-0.1, -0.05) is 13.0 Å². The van der Waals surface area contributed by atoms with Gasteiger partial charge in [-0.3, -0.25) is 0 Å². The summed E-state index contributed by atoms with van der Waals surface area (Å²) in [5, 5.41) is 10.2. The van der Waals surface area contributed by atoms with Crippen LogP contribution in [-0.4, -0.2) is 36.1 Å². The molecule has 1 saturated heterocycles. The Hall–Kier alpha value is -1.83. The first-order chi connectivity index (χ1) is 11.0. The first-order valence-corrected chi connectivity index (χ1v) is 7.26. The third kappa shape index (κ3) is 2.62. The maximum absolute atomic E-state index is 13.5. The van der Waals surface area contributed by atoms with E-state index < -0.39 is 47.3 Å². The van der Waals surface area contributed by atoms with E-state index in [2.05, 4.69) is 4.74 Å². The lowest BCUT2D eigenvalue weighted by Gasteiger charge is -2.31. The Labute approximate surface area is 136 Å². The summed E-state index contributed by atoms with van der Waals surface area (Å²) >= 11 is 0. The third-order valence-electron chi connectivity index (χ3n) is 4.86. The minimum atomic E-state index is -4.74. The SMILES string of the molecule is COC(=O)[C@H]1O[C@](C)(C(F)(F)F)[C@H](C)[C@@H]1c1ccc(F)c(C)c1O. The number of rotatable bonds is 2. The van der Waals surface area contributed by atoms with Gasteiger partial charge < -0.3 is 14.6 Å². The van der Waals surface area contributed by atoms with Crippen molar-refractivity contribution in [3.63, 3.8) is 0 Å². The summed E-state index contributed by atoms with van der Waals surface area (Å²) in [5.41, 5.74) is -2.70. The molecule has 1 N–H and O–H groups in total. The number of ether oxygens (including phenoxy) is 2. The molecule has 0 bridgehead atoms. The Kier molecular flexibility index (Phi) is 4.56. The molecule has 1 aliphatic heterocycles. The molecule has 2 rings (SSSR count). The van der Waals surface area contributed by atoms with Crippen molar-refractivity contribution in [3.05, 3.63) is 29.1 Å². The molecule has 0 amide bonds. The van der Waals surface area contributed by atoms with Crippen LogP contribution in [0.3, 0.4) is 0 Å². The fourth-order valence-electron chi connectivity index (χ4n) is 3.08. The Morgan fingerprint density at radius 2 is 1.96 bits per heavy atom. The van der Waals surface area contributed by atoms with E-state index in [9.17, 15) is 27.5 Å². The lowest BCUT2D eigenvalue weighted by atomic mass is 9.76. The fraction of sp³-hybridized carbons (Fsp3) is 0.562. The van der Waals surface area contributed by atoms with Crippen molar-refractivity contribution in [2.24, 2.45) is 5.92 Å². The van der Waals surface area contributed by atoms with Gasteiger partial charge in [0.05, 0.1) is 7.11 Å². The number of hydrogen-bond acceptors (Lipinski definition) is 4. The van der Waals surface area contributed by atoms with Gasteiger partial charge in [-0.25, -0.2) is 9.18 Å². The number of alkyl halides is 3. The van der Waals surface area contributed by atoms with Crippen LogP contribution in [0.1, 0.15) is 30.9 Å². The fourth-order valence-corrected chi connectivity index (χ4v) is 3.08. The first kappa shape index (κ1) is 18.5. The zero-order valence-electron chi connectivity index (χ0n) is 13.6. The number of aromatic hydroxyl groups is 1. The number of benzene rings is 1. The molecule has 4 nitrogen and oxygen atoms in total. The molecule has 24 heavy (non-hydrogen) atoms. The predicted octanol–water partition coefficient (Wildman–Crippen LogP) is 3.45. The van der Waals surface area contributed by atoms with E-state index >= 15 is 0 Å². The number of halogens is 4. The number of carbonyl (C=O) groups is 1. The topological polar surface area (TPSA) is 55.8 Å². The molecule has 0 unspecified atom stereocenters. The number of hydrogen-bond donors (Lipinski definition) is 1. The summed E-state index contributed by atoms with van der Waals surface area (Å²) in [4.78, 5) is 12.0. The van der Waals surface area contributed by atoms with Crippen molar-refractivity contribution < 1.29 is 36.9 Å².